The normalized spacial score (nSPS) is 11.6. The van der Waals surface area contributed by atoms with Crippen LogP contribution in [0, 0.1) is 0 Å². The number of carbonyl (C=O) groups excluding carboxylic acids is 2. The third-order valence-corrected chi connectivity index (χ3v) is 3.63. The molecule has 132 valence electrons. The van der Waals surface area contributed by atoms with Crippen molar-refractivity contribution in [2.24, 2.45) is 0 Å². The van der Waals surface area contributed by atoms with Gasteiger partial charge in [0.05, 0.1) is 18.2 Å². The summed E-state index contributed by atoms with van der Waals surface area (Å²) in [6.07, 6.45) is -0.715. The molecule has 0 amide bonds. The molecule has 0 aliphatic heterocycles. The van der Waals surface area contributed by atoms with Crippen LogP contribution in [0.5, 0.6) is 0 Å². The van der Waals surface area contributed by atoms with Gasteiger partial charge < -0.3 is 13.9 Å². The predicted octanol–water partition coefficient (Wildman–Crippen LogP) is 3.44. The SMILES string of the molecule is COC(=O)c1ccc(C(=O)O[C@@H](C)c2nnc(-c3ccccc3)o2)cc1. The molecule has 0 spiro atoms. The minimum absolute atomic E-state index is 0.198. The van der Waals surface area contributed by atoms with Crippen LogP contribution in [0.3, 0.4) is 0 Å². The Kier molecular flexibility index (Phi) is 5.07. The molecule has 0 bridgehead atoms. The zero-order valence-corrected chi connectivity index (χ0v) is 14.2. The summed E-state index contributed by atoms with van der Waals surface area (Å²) in [5, 5.41) is 7.90. The van der Waals surface area contributed by atoms with Gasteiger partial charge in [-0.25, -0.2) is 9.59 Å². The monoisotopic (exact) mass is 352 g/mol. The average Bonchev–Trinajstić information content (AvgIpc) is 3.18. The van der Waals surface area contributed by atoms with E-state index in [1.165, 1.54) is 31.4 Å². The van der Waals surface area contributed by atoms with Crippen LogP contribution in [0.15, 0.2) is 59.0 Å². The maximum Gasteiger partial charge on any atom is 0.338 e. The lowest BCUT2D eigenvalue weighted by Gasteiger charge is -2.09. The molecule has 0 unspecified atom stereocenters. The van der Waals surface area contributed by atoms with Crippen molar-refractivity contribution in [3.63, 3.8) is 0 Å². The van der Waals surface area contributed by atoms with Crippen molar-refractivity contribution in [2.45, 2.75) is 13.0 Å². The summed E-state index contributed by atoms with van der Waals surface area (Å²) in [4.78, 5) is 23.6. The van der Waals surface area contributed by atoms with Gasteiger partial charge in [0.15, 0.2) is 6.10 Å². The van der Waals surface area contributed by atoms with Gasteiger partial charge in [-0.1, -0.05) is 18.2 Å². The van der Waals surface area contributed by atoms with E-state index in [1.807, 2.05) is 30.3 Å². The molecule has 0 saturated carbocycles. The summed E-state index contributed by atoms with van der Waals surface area (Å²) in [5.74, 6) is -0.486. The number of esters is 2. The predicted molar refractivity (Wildman–Crippen MR) is 91.3 cm³/mol. The number of hydrogen-bond donors (Lipinski definition) is 0. The molecule has 1 aromatic heterocycles. The van der Waals surface area contributed by atoms with Crippen LogP contribution in [-0.2, 0) is 9.47 Å². The van der Waals surface area contributed by atoms with Gasteiger partial charge in [0.1, 0.15) is 0 Å². The first-order valence-corrected chi connectivity index (χ1v) is 7.86. The van der Waals surface area contributed by atoms with Crippen LogP contribution in [0.2, 0.25) is 0 Å². The molecular formula is C19H16N2O5. The zero-order chi connectivity index (χ0) is 18.5. The van der Waals surface area contributed by atoms with Crippen molar-refractivity contribution in [3.8, 4) is 11.5 Å². The van der Waals surface area contributed by atoms with Crippen molar-refractivity contribution in [1.82, 2.24) is 10.2 Å². The molecule has 3 rings (SSSR count). The van der Waals surface area contributed by atoms with Crippen molar-refractivity contribution in [2.75, 3.05) is 7.11 Å². The van der Waals surface area contributed by atoms with E-state index >= 15 is 0 Å². The number of carbonyl (C=O) groups is 2. The Morgan fingerprint density at radius 2 is 1.54 bits per heavy atom. The standard InChI is InChI=1S/C19H16N2O5/c1-12(16-20-21-17(26-16)13-6-4-3-5-7-13)25-19(23)15-10-8-14(9-11-15)18(22)24-2/h3-12H,1-2H3/t12-/m0/s1. The van der Waals surface area contributed by atoms with Crippen molar-refractivity contribution in [1.29, 1.82) is 0 Å². The highest BCUT2D eigenvalue weighted by Gasteiger charge is 2.20. The molecule has 0 radical (unpaired) electrons. The number of benzene rings is 2. The third kappa shape index (κ3) is 3.77. The molecular weight excluding hydrogens is 336 g/mol. The van der Waals surface area contributed by atoms with E-state index in [1.54, 1.807) is 6.92 Å². The highest BCUT2D eigenvalue weighted by atomic mass is 16.6. The maximum atomic E-state index is 12.2. The van der Waals surface area contributed by atoms with Gasteiger partial charge in [0, 0.05) is 5.56 Å². The number of rotatable bonds is 5. The minimum atomic E-state index is -0.715. The van der Waals surface area contributed by atoms with Gasteiger partial charge in [-0.15, -0.1) is 10.2 Å². The molecule has 1 heterocycles. The molecule has 1 atom stereocenters. The van der Waals surface area contributed by atoms with E-state index in [0.29, 0.717) is 17.0 Å². The molecule has 0 aliphatic carbocycles. The van der Waals surface area contributed by atoms with E-state index in [-0.39, 0.29) is 5.89 Å². The van der Waals surface area contributed by atoms with Gasteiger partial charge >= 0.3 is 11.9 Å². The topological polar surface area (TPSA) is 91.5 Å². The summed E-state index contributed by atoms with van der Waals surface area (Å²) in [5.41, 5.74) is 1.43. The molecule has 0 fully saturated rings. The van der Waals surface area contributed by atoms with Gasteiger partial charge in [-0.2, -0.15) is 0 Å². The fourth-order valence-corrected chi connectivity index (χ4v) is 2.24. The largest absolute Gasteiger partial charge is 0.465 e. The van der Waals surface area contributed by atoms with E-state index in [9.17, 15) is 9.59 Å². The van der Waals surface area contributed by atoms with Crippen LogP contribution in [-0.4, -0.2) is 29.2 Å². The van der Waals surface area contributed by atoms with Crippen molar-refractivity contribution < 1.29 is 23.5 Å². The lowest BCUT2D eigenvalue weighted by atomic mass is 10.1. The Morgan fingerprint density at radius 3 is 2.15 bits per heavy atom. The number of ether oxygens (including phenoxy) is 2. The molecule has 3 aromatic rings. The van der Waals surface area contributed by atoms with Gasteiger partial charge in [-0.05, 0) is 43.3 Å². The highest BCUT2D eigenvalue weighted by molar-refractivity contribution is 5.93. The second-order valence-corrected chi connectivity index (χ2v) is 5.43. The Morgan fingerprint density at radius 1 is 0.923 bits per heavy atom. The minimum Gasteiger partial charge on any atom is -0.465 e. The Balaban J connectivity index is 1.68. The summed E-state index contributed by atoms with van der Waals surface area (Å²) >= 11 is 0. The molecule has 2 aromatic carbocycles. The molecule has 0 aliphatic rings. The van der Waals surface area contributed by atoms with Gasteiger partial charge in [0.2, 0.25) is 5.89 Å². The zero-order valence-electron chi connectivity index (χ0n) is 14.2. The van der Waals surface area contributed by atoms with Gasteiger partial charge in [0.25, 0.3) is 5.89 Å². The summed E-state index contributed by atoms with van der Waals surface area (Å²) in [6, 6.07) is 15.3. The van der Waals surface area contributed by atoms with Crippen molar-refractivity contribution >= 4 is 11.9 Å². The third-order valence-electron chi connectivity index (χ3n) is 3.63. The Hall–Kier alpha value is -3.48. The average molecular weight is 352 g/mol. The fourth-order valence-electron chi connectivity index (χ4n) is 2.24. The summed E-state index contributed by atoms with van der Waals surface area (Å²) < 4.78 is 15.5. The molecule has 26 heavy (non-hydrogen) atoms. The highest BCUT2D eigenvalue weighted by Crippen LogP contribution is 2.23. The number of hydrogen-bond acceptors (Lipinski definition) is 7. The molecule has 7 heteroatoms. The van der Waals surface area contributed by atoms with E-state index in [0.717, 1.165) is 5.56 Å². The first-order chi connectivity index (χ1) is 12.6. The quantitative estimate of drug-likeness (QED) is 0.649. The number of methoxy groups -OCH3 is 1. The fraction of sp³-hybridized carbons (Fsp3) is 0.158. The van der Waals surface area contributed by atoms with Crippen LogP contribution < -0.4 is 0 Å². The number of aromatic nitrogens is 2. The summed E-state index contributed by atoms with van der Waals surface area (Å²) in [7, 11) is 1.29. The first kappa shape index (κ1) is 17.3. The molecule has 0 saturated heterocycles. The Labute approximate surface area is 149 Å². The number of nitrogens with zero attached hydrogens (tertiary/aromatic N) is 2. The van der Waals surface area contributed by atoms with E-state index in [4.69, 9.17) is 9.15 Å². The first-order valence-electron chi connectivity index (χ1n) is 7.86. The lowest BCUT2D eigenvalue weighted by molar-refractivity contribution is 0.0279. The van der Waals surface area contributed by atoms with Gasteiger partial charge in [-0.3, -0.25) is 0 Å². The van der Waals surface area contributed by atoms with E-state index in [2.05, 4.69) is 14.9 Å². The maximum absolute atomic E-state index is 12.2. The van der Waals surface area contributed by atoms with Crippen LogP contribution in [0.25, 0.3) is 11.5 Å². The van der Waals surface area contributed by atoms with Crippen LogP contribution in [0.4, 0.5) is 0 Å². The van der Waals surface area contributed by atoms with Crippen molar-refractivity contribution in [3.05, 3.63) is 71.6 Å². The second kappa shape index (κ2) is 7.60. The second-order valence-electron chi connectivity index (χ2n) is 5.43. The molecule has 7 nitrogen and oxygen atoms in total. The Bertz CT molecular complexity index is 903. The summed E-state index contributed by atoms with van der Waals surface area (Å²) in [6.45, 7) is 1.64. The smallest absolute Gasteiger partial charge is 0.338 e. The molecule has 0 N–H and O–H groups in total. The van der Waals surface area contributed by atoms with E-state index < -0.39 is 18.0 Å². The van der Waals surface area contributed by atoms with Crippen LogP contribution >= 0.6 is 0 Å². The lowest BCUT2D eigenvalue weighted by Crippen LogP contribution is -2.10. The van der Waals surface area contributed by atoms with Crippen LogP contribution in [0.1, 0.15) is 39.6 Å².